The normalized spacial score (nSPS) is 10.3. The summed E-state index contributed by atoms with van der Waals surface area (Å²) in [6.07, 6.45) is 0. The van der Waals surface area contributed by atoms with Gasteiger partial charge in [0.25, 0.3) is 5.56 Å². The topological polar surface area (TPSA) is 66.0 Å². The fourth-order valence-corrected chi connectivity index (χ4v) is 2.53. The largest absolute Gasteiger partial charge is 0.494 e. The smallest absolute Gasteiger partial charge is 0.276 e. The highest BCUT2D eigenvalue weighted by atomic mass is 16.3. The molecule has 0 aliphatic rings. The molecule has 112 valence electrons. The average molecular weight is 302 g/mol. The number of rotatable bonds is 2. The Hall–Kier alpha value is -3.32. The molecule has 0 saturated heterocycles. The Labute approximate surface area is 133 Å². The van der Waals surface area contributed by atoms with Gasteiger partial charge in [-0.2, -0.15) is 5.26 Å². The minimum Gasteiger partial charge on any atom is -0.494 e. The second kappa shape index (κ2) is 5.82. The van der Waals surface area contributed by atoms with Crippen LogP contribution in [0.25, 0.3) is 16.8 Å². The second-order valence-corrected chi connectivity index (χ2v) is 5.23. The van der Waals surface area contributed by atoms with Crippen LogP contribution in [-0.2, 0) is 0 Å². The van der Waals surface area contributed by atoms with E-state index in [1.165, 1.54) is 6.07 Å². The number of benzene rings is 2. The molecule has 0 bridgehead atoms. The molecule has 0 spiro atoms. The highest BCUT2D eigenvalue weighted by Crippen LogP contribution is 2.22. The Morgan fingerprint density at radius 3 is 2.22 bits per heavy atom. The van der Waals surface area contributed by atoms with Gasteiger partial charge in [-0.1, -0.05) is 42.5 Å². The number of aromatic hydroxyl groups is 1. The summed E-state index contributed by atoms with van der Waals surface area (Å²) in [5, 5.41) is 19.2. The summed E-state index contributed by atoms with van der Waals surface area (Å²) in [6, 6.07) is 20.4. The molecule has 1 aromatic heterocycles. The standard InChI is InChI=1S/C19H14N2O2/c1-13-11-18(22)21(19(23)17(13)12-20)16-9-7-15(8-10-16)14-5-3-2-4-6-14/h2-11,22H,1H3. The van der Waals surface area contributed by atoms with E-state index in [0.29, 0.717) is 11.3 Å². The molecule has 2 aromatic carbocycles. The summed E-state index contributed by atoms with van der Waals surface area (Å²) in [7, 11) is 0. The van der Waals surface area contributed by atoms with E-state index in [-0.39, 0.29) is 11.4 Å². The predicted octanol–water partition coefficient (Wildman–Crippen LogP) is 3.39. The quantitative estimate of drug-likeness (QED) is 0.789. The van der Waals surface area contributed by atoms with Crippen molar-refractivity contribution in [3.63, 3.8) is 0 Å². The van der Waals surface area contributed by atoms with Crippen molar-refractivity contribution in [2.45, 2.75) is 6.92 Å². The molecule has 0 unspecified atom stereocenters. The maximum atomic E-state index is 12.4. The Kier molecular flexibility index (Phi) is 3.70. The zero-order chi connectivity index (χ0) is 16.4. The fourth-order valence-electron chi connectivity index (χ4n) is 2.53. The summed E-state index contributed by atoms with van der Waals surface area (Å²) in [5.41, 5.74) is 2.58. The van der Waals surface area contributed by atoms with Gasteiger partial charge in [-0.25, -0.2) is 4.57 Å². The number of aromatic nitrogens is 1. The van der Waals surface area contributed by atoms with E-state index >= 15 is 0 Å². The fraction of sp³-hybridized carbons (Fsp3) is 0.0526. The number of nitrogens with zero attached hydrogens (tertiary/aromatic N) is 2. The van der Waals surface area contributed by atoms with E-state index in [4.69, 9.17) is 5.26 Å². The molecule has 0 radical (unpaired) electrons. The SMILES string of the molecule is Cc1cc(O)n(-c2ccc(-c3ccccc3)cc2)c(=O)c1C#N. The molecule has 0 aliphatic heterocycles. The van der Waals surface area contributed by atoms with Crippen LogP contribution in [0.5, 0.6) is 5.88 Å². The molecule has 1 heterocycles. The van der Waals surface area contributed by atoms with Gasteiger partial charge in [-0.05, 0) is 35.7 Å². The molecule has 23 heavy (non-hydrogen) atoms. The minimum atomic E-state index is -0.516. The Morgan fingerprint density at radius 2 is 1.61 bits per heavy atom. The van der Waals surface area contributed by atoms with Gasteiger partial charge in [-0.15, -0.1) is 0 Å². The van der Waals surface area contributed by atoms with Crippen molar-refractivity contribution in [3.05, 3.63) is 82.1 Å². The molecule has 4 nitrogen and oxygen atoms in total. The van der Waals surface area contributed by atoms with Crippen LogP contribution in [-0.4, -0.2) is 9.67 Å². The molecule has 0 saturated carbocycles. The van der Waals surface area contributed by atoms with E-state index in [2.05, 4.69) is 0 Å². The second-order valence-electron chi connectivity index (χ2n) is 5.23. The van der Waals surface area contributed by atoms with Gasteiger partial charge in [0.1, 0.15) is 11.6 Å². The maximum absolute atomic E-state index is 12.4. The summed E-state index contributed by atoms with van der Waals surface area (Å²) in [5.74, 6) is -0.182. The summed E-state index contributed by atoms with van der Waals surface area (Å²) in [6.45, 7) is 1.63. The molecular formula is C19H14N2O2. The van der Waals surface area contributed by atoms with Gasteiger partial charge < -0.3 is 5.11 Å². The lowest BCUT2D eigenvalue weighted by Crippen LogP contribution is -2.22. The van der Waals surface area contributed by atoms with E-state index in [1.807, 2.05) is 48.5 Å². The zero-order valence-electron chi connectivity index (χ0n) is 12.5. The van der Waals surface area contributed by atoms with Crippen LogP contribution >= 0.6 is 0 Å². The first-order valence-electron chi connectivity index (χ1n) is 7.13. The van der Waals surface area contributed by atoms with Gasteiger partial charge in [0.05, 0.1) is 5.69 Å². The number of hydrogen-bond acceptors (Lipinski definition) is 3. The third kappa shape index (κ3) is 2.60. The summed E-state index contributed by atoms with van der Waals surface area (Å²) < 4.78 is 1.14. The monoisotopic (exact) mass is 302 g/mol. The molecule has 3 rings (SSSR count). The molecule has 0 fully saturated rings. The minimum absolute atomic E-state index is 0.0370. The van der Waals surface area contributed by atoms with Crippen molar-refractivity contribution in [1.29, 1.82) is 5.26 Å². The Morgan fingerprint density at radius 1 is 1.00 bits per heavy atom. The van der Waals surface area contributed by atoms with Crippen molar-refractivity contribution in [1.82, 2.24) is 4.57 Å². The lowest BCUT2D eigenvalue weighted by Gasteiger charge is -2.11. The van der Waals surface area contributed by atoms with Gasteiger partial charge in [0, 0.05) is 6.07 Å². The van der Waals surface area contributed by atoms with Crippen LogP contribution in [0.2, 0.25) is 0 Å². The van der Waals surface area contributed by atoms with Crippen LogP contribution in [0.15, 0.2) is 65.5 Å². The van der Waals surface area contributed by atoms with Crippen LogP contribution in [0, 0.1) is 18.3 Å². The first kappa shape index (κ1) is 14.6. The van der Waals surface area contributed by atoms with Crippen LogP contribution in [0.3, 0.4) is 0 Å². The first-order valence-corrected chi connectivity index (χ1v) is 7.13. The molecule has 3 aromatic rings. The highest BCUT2D eigenvalue weighted by Gasteiger charge is 2.13. The lowest BCUT2D eigenvalue weighted by atomic mass is 10.1. The van der Waals surface area contributed by atoms with E-state index in [1.54, 1.807) is 19.1 Å². The van der Waals surface area contributed by atoms with E-state index in [0.717, 1.165) is 15.7 Å². The Bertz CT molecular complexity index is 950. The van der Waals surface area contributed by atoms with E-state index in [9.17, 15) is 9.90 Å². The molecule has 1 N–H and O–H groups in total. The summed E-state index contributed by atoms with van der Waals surface area (Å²) >= 11 is 0. The molecular weight excluding hydrogens is 288 g/mol. The van der Waals surface area contributed by atoms with Crippen molar-refractivity contribution >= 4 is 0 Å². The lowest BCUT2D eigenvalue weighted by molar-refractivity contribution is 0.434. The van der Waals surface area contributed by atoms with Crippen LogP contribution in [0.1, 0.15) is 11.1 Å². The maximum Gasteiger partial charge on any atom is 0.276 e. The van der Waals surface area contributed by atoms with Gasteiger partial charge in [0.15, 0.2) is 5.88 Å². The third-order valence-electron chi connectivity index (χ3n) is 3.73. The average Bonchev–Trinajstić information content (AvgIpc) is 2.56. The van der Waals surface area contributed by atoms with Gasteiger partial charge in [-0.3, -0.25) is 4.79 Å². The van der Waals surface area contributed by atoms with Crippen LogP contribution in [0.4, 0.5) is 0 Å². The van der Waals surface area contributed by atoms with Crippen LogP contribution < -0.4 is 5.56 Å². The van der Waals surface area contributed by atoms with Crippen molar-refractivity contribution in [2.75, 3.05) is 0 Å². The van der Waals surface area contributed by atoms with E-state index < -0.39 is 5.56 Å². The molecule has 0 atom stereocenters. The summed E-state index contributed by atoms with van der Waals surface area (Å²) in [4.78, 5) is 12.4. The van der Waals surface area contributed by atoms with Crippen molar-refractivity contribution in [2.24, 2.45) is 0 Å². The number of hydrogen-bond donors (Lipinski definition) is 1. The molecule has 0 aliphatic carbocycles. The Balaban J connectivity index is 2.11. The molecule has 0 amide bonds. The van der Waals surface area contributed by atoms with Gasteiger partial charge in [0.2, 0.25) is 0 Å². The zero-order valence-corrected chi connectivity index (χ0v) is 12.5. The first-order chi connectivity index (χ1) is 11.1. The third-order valence-corrected chi connectivity index (χ3v) is 3.73. The number of aryl methyl sites for hydroxylation is 1. The van der Waals surface area contributed by atoms with Gasteiger partial charge >= 0.3 is 0 Å². The highest BCUT2D eigenvalue weighted by molar-refractivity contribution is 5.64. The number of nitriles is 1. The molecule has 4 heteroatoms. The number of pyridine rings is 1. The van der Waals surface area contributed by atoms with Crippen molar-refractivity contribution in [3.8, 4) is 28.8 Å². The van der Waals surface area contributed by atoms with Crippen molar-refractivity contribution < 1.29 is 5.11 Å². The predicted molar refractivity (Wildman–Crippen MR) is 88.6 cm³/mol.